The summed E-state index contributed by atoms with van der Waals surface area (Å²) < 4.78 is 0. The second-order valence-corrected chi connectivity index (χ2v) is 5.04. The van der Waals surface area contributed by atoms with E-state index in [9.17, 15) is 15.0 Å². The molecule has 0 aliphatic heterocycles. The van der Waals surface area contributed by atoms with Crippen molar-refractivity contribution in [1.29, 1.82) is 0 Å². The van der Waals surface area contributed by atoms with Gasteiger partial charge in [0.15, 0.2) is 0 Å². The smallest absolute Gasteiger partial charge is 0.257 e. The van der Waals surface area contributed by atoms with E-state index in [1.807, 2.05) is 0 Å². The van der Waals surface area contributed by atoms with Crippen molar-refractivity contribution in [2.75, 3.05) is 13.6 Å². The highest BCUT2D eigenvalue weighted by Crippen LogP contribution is 2.27. The van der Waals surface area contributed by atoms with Crippen LogP contribution in [-0.2, 0) is 0 Å². The number of phenolic OH excluding ortho intramolecular Hbond substituents is 2. The van der Waals surface area contributed by atoms with Crippen LogP contribution in [-0.4, -0.2) is 34.6 Å². The van der Waals surface area contributed by atoms with Gasteiger partial charge in [-0.15, -0.1) is 0 Å². The van der Waals surface area contributed by atoms with Crippen molar-refractivity contribution in [3.05, 3.63) is 23.8 Å². The van der Waals surface area contributed by atoms with Gasteiger partial charge in [-0.1, -0.05) is 12.8 Å². The summed E-state index contributed by atoms with van der Waals surface area (Å²) >= 11 is 0. The van der Waals surface area contributed by atoms with E-state index < -0.39 is 0 Å². The Balaban J connectivity index is 2.07. The van der Waals surface area contributed by atoms with Crippen LogP contribution in [0.25, 0.3) is 0 Å². The Labute approximate surface area is 107 Å². The molecule has 0 atom stereocenters. The number of aromatic hydroxyl groups is 2. The van der Waals surface area contributed by atoms with Gasteiger partial charge in [0, 0.05) is 13.6 Å². The minimum absolute atomic E-state index is 0.00887. The topological polar surface area (TPSA) is 60.8 Å². The number of nitrogens with zero attached hydrogens (tertiary/aromatic N) is 1. The number of rotatable bonds is 3. The van der Waals surface area contributed by atoms with E-state index in [4.69, 9.17) is 0 Å². The number of carbonyl (C=O) groups is 1. The van der Waals surface area contributed by atoms with Crippen LogP contribution in [0.4, 0.5) is 0 Å². The monoisotopic (exact) mass is 249 g/mol. The van der Waals surface area contributed by atoms with E-state index in [1.54, 1.807) is 11.9 Å². The van der Waals surface area contributed by atoms with Gasteiger partial charge in [-0.2, -0.15) is 0 Å². The van der Waals surface area contributed by atoms with Crippen molar-refractivity contribution >= 4 is 5.91 Å². The molecule has 1 aromatic carbocycles. The zero-order chi connectivity index (χ0) is 13.1. The number of carbonyl (C=O) groups excluding carboxylic acids is 1. The fourth-order valence-electron chi connectivity index (χ4n) is 2.56. The van der Waals surface area contributed by atoms with E-state index in [0.29, 0.717) is 12.5 Å². The molecule has 0 bridgehead atoms. The van der Waals surface area contributed by atoms with Crippen molar-refractivity contribution < 1.29 is 15.0 Å². The second kappa shape index (κ2) is 5.29. The SMILES string of the molecule is CN(CC1CCCC1)C(=O)c1cc(O)ccc1O. The van der Waals surface area contributed by atoms with Gasteiger partial charge in [0.05, 0.1) is 5.56 Å². The van der Waals surface area contributed by atoms with Gasteiger partial charge in [-0.3, -0.25) is 4.79 Å². The Bertz CT molecular complexity index is 439. The standard InChI is InChI=1S/C14H19NO3/c1-15(9-10-4-2-3-5-10)14(18)12-8-11(16)6-7-13(12)17/h6-8,10,16-17H,2-5,9H2,1H3. The van der Waals surface area contributed by atoms with Gasteiger partial charge in [-0.25, -0.2) is 0 Å². The first-order chi connectivity index (χ1) is 8.58. The lowest BCUT2D eigenvalue weighted by molar-refractivity contribution is 0.0770. The van der Waals surface area contributed by atoms with Crippen LogP contribution in [0.15, 0.2) is 18.2 Å². The number of hydrogen-bond acceptors (Lipinski definition) is 3. The van der Waals surface area contributed by atoms with Crippen LogP contribution in [0, 0.1) is 5.92 Å². The molecule has 0 heterocycles. The first-order valence-corrected chi connectivity index (χ1v) is 6.35. The molecule has 18 heavy (non-hydrogen) atoms. The predicted octanol–water partition coefficient (Wildman–Crippen LogP) is 2.36. The van der Waals surface area contributed by atoms with Gasteiger partial charge in [-0.05, 0) is 37.0 Å². The minimum Gasteiger partial charge on any atom is -0.508 e. The fourth-order valence-corrected chi connectivity index (χ4v) is 2.56. The van der Waals surface area contributed by atoms with E-state index in [0.717, 1.165) is 0 Å². The molecule has 0 saturated heterocycles. The molecule has 0 radical (unpaired) electrons. The van der Waals surface area contributed by atoms with E-state index in [2.05, 4.69) is 0 Å². The van der Waals surface area contributed by atoms with Crippen LogP contribution in [0.1, 0.15) is 36.0 Å². The van der Waals surface area contributed by atoms with Gasteiger partial charge in [0.1, 0.15) is 11.5 Å². The Morgan fingerprint density at radius 1 is 1.33 bits per heavy atom. The summed E-state index contributed by atoms with van der Waals surface area (Å²) in [6, 6.07) is 4.01. The molecule has 2 N–H and O–H groups in total. The maximum absolute atomic E-state index is 12.2. The van der Waals surface area contributed by atoms with Crippen LogP contribution in [0.3, 0.4) is 0 Å². The molecule has 4 nitrogen and oxygen atoms in total. The van der Waals surface area contributed by atoms with Crippen molar-refractivity contribution in [2.24, 2.45) is 5.92 Å². The van der Waals surface area contributed by atoms with Crippen molar-refractivity contribution in [1.82, 2.24) is 4.90 Å². The molecule has 0 aromatic heterocycles. The summed E-state index contributed by atoms with van der Waals surface area (Å²) in [5, 5.41) is 19.0. The predicted molar refractivity (Wildman–Crippen MR) is 68.7 cm³/mol. The average molecular weight is 249 g/mol. The van der Waals surface area contributed by atoms with Crippen molar-refractivity contribution in [2.45, 2.75) is 25.7 Å². The molecule has 0 unspecified atom stereocenters. The molecule has 0 spiro atoms. The molecular formula is C14H19NO3. The Morgan fingerprint density at radius 3 is 2.67 bits per heavy atom. The maximum atomic E-state index is 12.2. The number of phenols is 2. The third-order valence-electron chi connectivity index (χ3n) is 3.56. The summed E-state index contributed by atoms with van der Waals surface area (Å²) in [6.07, 6.45) is 4.82. The summed E-state index contributed by atoms with van der Waals surface area (Å²) in [6.45, 7) is 0.716. The zero-order valence-electron chi connectivity index (χ0n) is 10.6. The Morgan fingerprint density at radius 2 is 2.00 bits per heavy atom. The summed E-state index contributed by atoms with van der Waals surface area (Å²) in [5.74, 6) is 0.232. The molecule has 98 valence electrons. The van der Waals surface area contributed by atoms with Gasteiger partial charge in [0.25, 0.3) is 5.91 Å². The lowest BCUT2D eigenvalue weighted by atomic mass is 10.1. The third kappa shape index (κ3) is 2.75. The fraction of sp³-hybridized carbons (Fsp3) is 0.500. The highest BCUT2D eigenvalue weighted by Gasteiger charge is 2.22. The molecule has 1 aliphatic rings. The summed E-state index contributed by atoms with van der Waals surface area (Å²) in [5.41, 5.74) is 0.162. The summed E-state index contributed by atoms with van der Waals surface area (Å²) in [4.78, 5) is 13.8. The molecule has 1 aromatic rings. The quantitative estimate of drug-likeness (QED) is 0.808. The largest absolute Gasteiger partial charge is 0.508 e. The van der Waals surface area contributed by atoms with Crippen LogP contribution in [0.2, 0.25) is 0 Å². The first-order valence-electron chi connectivity index (χ1n) is 6.35. The number of hydrogen-bond donors (Lipinski definition) is 2. The molecule has 1 fully saturated rings. The average Bonchev–Trinajstić information content (AvgIpc) is 2.84. The van der Waals surface area contributed by atoms with Crippen molar-refractivity contribution in [3.63, 3.8) is 0 Å². The minimum atomic E-state index is -0.240. The highest BCUT2D eigenvalue weighted by molar-refractivity contribution is 5.97. The lowest BCUT2D eigenvalue weighted by Crippen LogP contribution is -2.31. The maximum Gasteiger partial charge on any atom is 0.257 e. The molecule has 1 aliphatic carbocycles. The highest BCUT2D eigenvalue weighted by atomic mass is 16.3. The van der Waals surface area contributed by atoms with Crippen LogP contribution in [0.5, 0.6) is 11.5 Å². The van der Waals surface area contributed by atoms with E-state index in [1.165, 1.54) is 43.9 Å². The molecule has 1 amide bonds. The van der Waals surface area contributed by atoms with Gasteiger partial charge >= 0.3 is 0 Å². The molecule has 4 heteroatoms. The van der Waals surface area contributed by atoms with Gasteiger partial charge in [0.2, 0.25) is 0 Å². The van der Waals surface area contributed by atoms with Crippen LogP contribution < -0.4 is 0 Å². The van der Waals surface area contributed by atoms with Crippen LogP contribution >= 0.6 is 0 Å². The lowest BCUT2D eigenvalue weighted by Gasteiger charge is -2.21. The second-order valence-electron chi connectivity index (χ2n) is 5.04. The molecular weight excluding hydrogens is 230 g/mol. The number of amides is 1. The first kappa shape index (κ1) is 12.7. The Kier molecular flexibility index (Phi) is 3.75. The van der Waals surface area contributed by atoms with E-state index in [-0.39, 0.29) is 23.0 Å². The normalized spacial score (nSPS) is 15.8. The van der Waals surface area contributed by atoms with E-state index >= 15 is 0 Å². The molecule has 1 saturated carbocycles. The third-order valence-corrected chi connectivity index (χ3v) is 3.56. The number of benzene rings is 1. The zero-order valence-corrected chi connectivity index (χ0v) is 10.6. The van der Waals surface area contributed by atoms with Crippen molar-refractivity contribution in [3.8, 4) is 11.5 Å². The van der Waals surface area contributed by atoms with Gasteiger partial charge < -0.3 is 15.1 Å². The summed E-state index contributed by atoms with van der Waals surface area (Å²) in [7, 11) is 1.74. The molecule has 2 rings (SSSR count). The Hall–Kier alpha value is -1.71.